The molecule has 0 unspecified atom stereocenters. The van der Waals surface area contributed by atoms with E-state index in [9.17, 15) is 14.7 Å². The van der Waals surface area contributed by atoms with Crippen LogP contribution < -0.4 is 5.32 Å². The average Bonchev–Trinajstić information content (AvgIpc) is 3.51. The zero-order chi connectivity index (χ0) is 25.1. The van der Waals surface area contributed by atoms with Crippen LogP contribution >= 0.6 is 11.3 Å². The van der Waals surface area contributed by atoms with Crippen LogP contribution in [-0.4, -0.2) is 23.2 Å². The van der Waals surface area contributed by atoms with Gasteiger partial charge in [-0.3, -0.25) is 4.79 Å². The Balaban J connectivity index is 1.39. The van der Waals surface area contributed by atoms with E-state index in [0.29, 0.717) is 28.6 Å². The number of benzene rings is 2. The van der Waals surface area contributed by atoms with Crippen molar-refractivity contribution < 1.29 is 19.1 Å². The fraction of sp³-hybridized carbons (Fsp3) is 0.207. The number of fused-ring (bicyclic) bond motifs is 1. The number of furan rings is 1. The molecule has 0 saturated heterocycles. The number of aromatic carboxylic acids is 1. The molecular weight excluding hydrogens is 472 g/mol. The van der Waals surface area contributed by atoms with Crippen LogP contribution in [0.25, 0.3) is 11.3 Å². The summed E-state index contributed by atoms with van der Waals surface area (Å²) < 4.78 is 5.99. The first-order valence-corrected chi connectivity index (χ1v) is 12.8. The summed E-state index contributed by atoms with van der Waals surface area (Å²) in [7, 11) is 0. The van der Waals surface area contributed by atoms with Gasteiger partial charge in [0.2, 0.25) is 0 Å². The molecule has 0 aliphatic heterocycles. The number of aryl methyl sites for hydroxylation is 2. The third-order valence-electron chi connectivity index (χ3n) is 6.35. The van der Waals surface area contributed by atoms with Gasteiger partial charge < -0.3 is 14.8 Å². The third kappa shape index (κ3) is 5.02. The summed E-state index contributed by atoms with van der Waals surface area (Å²) in [4.78, 5) is 30.4. The predicted molar refractivity (Wildman–Crippen MR) is 142 cm³/mol. The van der Waals surface area contributed by atoms with E-state index in [0.717, 1.165) is 47.9 Å². The monoisotopic (exact) mass is 498 g/mol. The van der Waals surface area contributed by atoms with Gasteiger partial charge in [-0.2, -0.15) is 0 Å². The summed E-state index contributed by atoms with van der Waals surface area (Å²) in [5, 5.41) is 13.0. The topological polar surface area (TPSA) is 91.9 Å². The standard InChI is InChI=1S/C29H26N2O4S/c1-18-15-20(29(33)34)11-13-22(18)24-14-12-21(35-24)17-31-28-26(23-9-5-6-10-25(23)36-28)27(32)30-16-19-7-3-2-4-8-19/h2-4,7-8,11-15,17H,5-6,9-10,16H2,1H3,(H,30,32)(H,33,34). The lowest BCUT2D eigenvalue weighted by atomic mass is 9.95. The molecule has 5 rings (SSSR count). The number of nitrogens with zero attached hydrogens (tertiary/aromatic N) is 1. The van der Waals surface area contributed by atoms with Gasteiger partial charge in [0.15, 0.2) is 0 Å². The molecule has 7 heteroatoms. The molecular formula is C29H26N2O4S. The normalized spacial score (nSPS) is 13.0. The summed E-state index contributed by atoms with van der Waals surface area (Å²) >= 11 is 1.59. The van der Waals surface area contributed by atoms with E-state index >= 15 is 0 Å². The molecule has 1 amide bonds. The SMILES string of the molecule is Cc1cc(C(=O)O)ccc1-c1ccc(C=Nc2sc3c(c2C(=O)NCc2ccccc2)CCCC3)o1. The first-order chi connectivity index (χ1) is 17.5. The number of carbonyl (C=O) groups excluding carboxylic acids is 1. The summed E-state index contributed by atoms with van der Waals surface area (Å²) in [6.07, 6.45) is 5.73. The Kier molecular flexibility index (Phi) is 6.82. The first-order valence-electron chi connectivity index (χ1n) is 11.9. The van der Waals surface area contributed by atoms with Crippen molar-refractivity contribution in [1.82, 2.24) is 5.32 Å². The summed E-state index contributed by atoms with van der Waals surface area (Å²) in [5.41, 5.74) is 4.73. The number of carbonyl (C=O) groups is 2. The second kappa shape index (κ2) is 10.3. The molecule has 0 atom stereocenters. The van der Waals surface area contributed by atoms with E-state index in [1.165, 1.54) is 4.88 Å². The highest BCUT2D eigenvalue weighted by Gasteiger charge is 2.25. The average molecular weight is 499 g/mol. The lowest BCUT2D eigenvalue weighted by Gasteiger charge is -2.12. The zero-order valence-corrected chi connectivity index (χ0v) is 20.7. The summed E-state index contributed by atoms with van der Waals surface area (Å²) in [6, 6.07) is 18.5. The maximum atomic E-state index is 13.2. The highest BCUT2D eigenvalue weighted by molar-refractivity contribution is 7.16. The van der Waals surface area contributed by atoms with E-state index in [2.05, 4.69) is 10.3 Å². The molecule has 2 aromatic heterocycles. The van der Waals surface area contributed by atoms with Crippen molar-refractivity contribution in [2.45, 2.75) is 39.2 Å². The quantitative estimate of drug-likeness (QED) is 0.282. The van der Waals surface area contributed by atoms with E-state index in [1.54, 1.807) is 35.8 Å². The molecule has 1 aliphatic rings. The third-order valence-corrected chi connectivity index (χ3v) is 7.55. The molecule has 36 heavy (non-hydrogen) atoms. The number of amides is 1. The number of hydrogen-bond acceptors (Lipinski definition) is 5. The van der Waals surface area contributed by atoms with E-state index in [4.69, 9.17) is 4.42 Å². The van der Waals surface area contributed by atoms with Gasteiger partial charge in [-0.1, -0.05) is 36.4 Å². The van der Waals surface area contributed by atoms with Crippen LogP contribution in [0.5, 0.6) is 0 Å². The maximum Gasteiger partial charge on any atom is 0.335 e. The van der Waals surface area contributed by atoms with Crippen LogP contribution in [0.1, 0.15) is 60.9 Å². The van der Waals surface area contributed by atoms with Crippen LogP contribution in [0.4, 0.5) is 5.00 Å². The Morgan fingerprint density at radius 1 is 1.08 bits per heavy atom. The second-order valence-electron chi connectivity index (χ2n) is 8.85. The fourth-order valence-corrected chi connectivity index (χ4v) is 5.74. The Labute approximate surface area is 213 Å². The van der Waals surface area contributed by atoms with E-state index < -0.39 is 5.97 Å². The minimum atomic E-state index is -0.959. The van der Waals surface area contributed by atoms with Gasteiger partial charge in [-0.05, 0) is 73.6 Å². The molecule has 2 N–H and O–H groups in total. The number of thiophene rings is 1. The molecule has 1 aliphatic carbocycles. The van der Waals surface area contributed by atoms with Gasteiger partial charge in [0, 0.05) is 17.0 Å². The first kappa shape index (κ1) is 23.8. The largest absolute Gasteiger partial charge is 0.478 e. The van der Waals surface area contributed by atoms with Crippen LogP contribution in [0.3, 0.4) is 0 Å². The summed E-state index contributed by atoms with van der Waals surface area (Å²) in [5.74, 6) is 0.143. The molecule has 2 aromatic carbocycles. The van der Waals surface area contributed by atoms with E-state index in [-0.39, 0.29) is 11.5 Å². The molecule has 182 valence electrons. The molecule has 2 heterocycles. The number of aliphatic imine (C=N–C) groups is 1. The molecule has 0 spiro atoms. The second-order valence-corrected chi connectivity index (χ2v) is 9.94. The van der Waals surface area contributed by atoms with Gasteiger partial charge >= 0.3 is 5.97 Å². The minimum Gasteiger partial charge on any atom is -0.478 e. The van der Waals surface area contributed by atoms with Crippen molar-refractivity contribution in [3.8, 4) is 11.3 Å². The molecule has 0 fully saturated rings. The van der Waals surface area contributed by atoms with Gasteiger partial charge in [-0.15, -0.1) is 11.3 Å². The number of nitrogens with one attached hydrogen (secondary N) is 1. The van der Waals surface area contributed by atoms with Crippen molar-refractivity contribution in [1.29, 1.82) is 0 Å². The van der Waals surface area contributed by atoms with Crippen molar-refractivity contribution >= 4 is 34.4 Å². The van der Waals surface area contributed by atoms with Crippen molar-refractivity contribution in [2.75, 3.05) is 0 Å². The Hall–Kier alpha value is -3.97. The molecule has 0 bridgehead atoms. The Morgan fingerprint density at radius 2 is 1.89 bits per heavy atom. The number of carboxylic acids is 1. The Bertz CT molecular complexity index is 1450. The van der Waals surface area contributed by atoms with Crippen LogP contribution in [0, 0.1) is 6.92 Å². The van der Waals surface area contributed by atoms with Crippen LogP contribution in [-0.2, 0) is 19.4 Å². The lowest BCUT2D eigenvalue weighted by molar-refractivity contribution is 0.0696. The smallest absolute Gasteiger partial charge is 0.335 e. The minimum absolute atomic E-state index is 0.0975. The van der Waals surface area contributed by atoms with E-state index in [1.807, 2.05) is 49.4 Å². The number of hydrogen-bond donors (Lipinski definition) is 2. The van der Waals surface area contributed by atoms with Crippen molar-refractivity contribution in [2.24, 2.45) is 4.99 Å². The van der Waals surface area contributed by atoms with Crippen molar-refractivity contribution in [3.63, 3.8) is 0 Å². The van der Waals surface area contributed by atoms with Gasteiger partial charge in [0.05, 0.1) is 17.3 Å². The van der Waals surface area contributed by atoms with Gasteiger partial charge in [-0.25, -0.2) is 9.79 Å². The Morgan fingerprint density at radius 3 is 2.67 bits per heavy atom. The molecule has 4 aromatic rings. The highest BCUT2D eigenvalue weighted by atomic mass is 32.1. The molecule has 0 radical (unpaired) electrons. The van der Waals surface area contributed by atoms with Crippen molar-refractivity contribution in [3.05, 3.63) is 99.1 Å². The maximum absolute atomic E-state index is 13.2. The molecule has 0 saturated carbocycles. The van der Waals surface area contributed by atoms with Crippen LogP contribution in [0.15, 0.2) is 70.1 Å². The number of rotatable bonds is 7. The fourth-order valence-electron chi connectivity index (χ4n) is 4.51. The van der Waals surface area contributed by atoms with Crippen LogP contribution in [0.2, 0.25) is 0 Å². The highest BCUT2D eigenvalue weighted by Crippen LogP contribution is 2.40. The predicted octanol–water partition coefficient (Wildman–Crippen LogP) is 6.57. The van der Waals surface area contributed by atoms with Gasteiger partial charge in [0.25, 0.3) is 5.91 Å². The summed E-state index contributed by atoms with van der Waals surface area (Å²) in [6.45, 7) is 2.32. The number of carboxylic acid groups (broad SMARTS) is 1. The lowest BCUT2D eigenvalue weighted by Crippen LogP contribution is -2.24. The molecule has 6 nitrogen and oxygen atoms in total. The zero-order valence-electron chi connectivity index (χ0n) is 19.9. The van der Waals surface area contributed by atoms with Gasteiger partial charge in [0.1, 0.15) is 16.5 Å².